The Morgan fingerprint density at radius 3 is 2.46 bits per heavy atom. The Balaban J connectivity index is 1.88. The zero-order valence-electron chi connectivity index (χ0n) is 15.8. The van der Waals surface area contributed by atoms with Gasteiger partial charge in [0.05, 0.1) is 18.8 Å². The molecule has 26 heavy (non-hydrogen) atoms. The largest absolute Gasteiger partial charge is 0.379 e. The molecule has 0 saturated carbocycles. The lowest BCUT2D eigenvalue weighted by Gasteiger charge is -2.26. The molecular formula is C21H29N3O2. The van der Waals surface area contributed by atoms with Gasteiger partial charge in [0, 0.05) is 43.1 Å². The van der Waals surface area contributed by atoms with Crippen LogP contribution in [-0.4, -0.2) is 48.2 Å². The number of hydrogen-bond acceptors (Lipinski definition) is 3. The third-order valence-electron chi connectivity index (χ3n) is 5.23. The van der Waals surface area contributed by atoms with Gasteiger partial charge in [0.15, 0.2) is 0 Å². The Hall–Kier alpha value is -2.11. The lowest BCUT2D eigenvalue weighted by atomic mass is 9.99. The molecule has 0 bridgehead atoms. The summed E-state index contributed by atoms with van der Waals surface area (Å²) in [5.41, 5.74) is 10.7. The first kappa shape index (κ1) is 18.7. The van der Waals surface area contributed by atoms with Crippen molar-refractivity contribution in [3.63, 3.8) is 0 Å². The SMILES string of the molecule is CCc1c(-c2ccccc2)c(C(N)=O)c(C)n1CCCN1CCOCC1. The van der Waals surface area contributed by atoms with Crippen LogP contribution in [0.15, 0.2) is 30.3 Å². The van der Waals surface area contributed by atoms with Gasteiger partial charge in [0.2, 0.25) is 0 Å². The van der Waals surface area contributed by atoms with Crippen molar-refractivity contribution in [2.24, 2.45) is 5.73 Å². The molecule has 3 rings (SSSR count). The Bertz CT molecular complexity index is 746. The number of carbonyl (C=O) groups excluding carboxylic acids is 1. The molecule has 140 valence electrons. The van der Waals surface area contributed by atoms with Gasteiger partial charge >= 0.3 is 0 Å². The summed E-state index contributed by atoms with van der Waals surface area (Å²) in [6.45, 7) is 9.78. The molecule has 1 aromatic carbocycles. The molecule has 0 atom stereocenters. The summed E-state index contributed by atoms with van der Waals surface area (Å²) in [6.07, 6.45) is 1.92. The number of benzene rings is 1. The predicted octanol–water partition coefficient (Wildman–Crippen LogP) is 2.85. The molecule has 0 spiro atoms. The van der Waals surface area contributed by atoms with Gasteiger partial charge in [-0.2, -0.15) is 0 Å². The third-order valence-corrected chi connectivity index (χ3v) is 5.23. The first-order valence-electron chi connectivity index (χ1n) is 9.50. The summed E-state index contributed by atoms with van der Waals surface area (Å²) in [4.78, 5) is 14.7. The second-order valence-electron chi connectivity index (χ2n) is 6.83. The highest BCUT2D eigenvalue weighted by Crippen LogP contribution is 2.33. The predicted molar refractivity (Wildman–Crippen MR) is 104 cm³/mol. The average molecular weight is 355 g/mol. The fourth-order valence-corrected chi connectivity index (χ4v) is 3.96. The normalized spacial score (nSPS) is 15.3. The smallest absolute Gasteiger partial charge is 0.251 e. The number of primary amides is 1. The van der Waals surface area contributed by atoms with Crippen LogP contribution in [0.3, 0.4) is 0 Å². The first-order chi connectivity index (χ1) is 12.6. The quantitative estimate of drug-likeness (QED) is 0.831. The highest BCUT2D eigenvalue weighted by molar-refractivity contribution is 6.02. The van der Waals surface area contributed by atoms with E-state index >= 15 is 0 Å². The van der Waals surface area contributed by atoms with E-state index in [1.807, 2.05) is 25.1 Å². The van der Waals surface area contributed by atoms with Gasteiger partial charge in [-0.05, 0) is 25.3 Å². The molecule has 1 fully saturated rings. The Morgan fingerprint density at radius 2 is 1.85 bits per heavy atom. The number of rotatable bonds is 7. The maximum Gasteiger partial charge on any atom is 0.251 e. The van der Waals surface area contributed by atoms with Gasteiger partial charge in [-0.15, -0.1) is 0 Å². The van der Waals surface area contributed by atoms with Gasteiger partial charge in [-0.25, -0.2) is 0 Å². The topological polar surface area (TPSA) is 60.5 Å². The molecular weight excluding hydrogens is 326 g/mol. The summed E-state index contributed by atoms with van der Waals surface area (Å²) in [5.74, 6) is -0.344. The number of aromatic nitrogens is 1. The number of ether oxygens (including phenoxy) is 1. The molecule has 1 aliphatic rings. The van der Waals surface area contributed by atoms with Crippen molar-refractivity contribution in [2.45, 2.75) is 33.2 Å². The standard InChI is InChI=1S/C21H29N3O2/c1-3-18-20(17-8-5-4-6-9-17)19(21(22)25)16(2)24(18)11-7-10-23-12-14-26-15-13-23/h4-6,8-9H,3,7,10-15H2,1-2H3,(H2,22,25). The zero-order chi connectivity index (χ0) is 18.5. The fraction of sp³-hybridized carbons (Fsp3) is 0.476. The van der Waals surface area contributed by atoms with E-state index in [4.69, 9.17) is 10.5 Å². The number of nitrogens with zero attached hydrogens (tertiary/aromatic N) is 2. The molecule has 5 nitrogen and oxygen atoms in total. The zero-order valence-corrected chi connectivity index (χ0v) is 15.8. The molecule has 0 radical (unpaired) electrons. The van der Waals surface area contributed by atoms with E-state index < -0.39 is 0 Å². The van der Waals surface area contributed by atoms with Gasteiger partial charge in [-0.3, -0.25) is 9.69 Å². The van der Waals surface area contributed by atoms with E-state index in [-0.39, 0.29) is 5.91 Å². The molecule has 1 saturated heterocycles. The second kappa shape index (κ2) is 8.52. The Kier molecular flexibility index (Phi) is 6.12. The molecule has 5 heteroatoms. The number of carbonyl (C=O) groups is 1. The van der Waals surface area contributed by atoms with Gasteiger partial charge < -0.3 is 15.0 Å². The highest BCUT2D eigenvalue weighted by Gasteiger charge is 2.23. The first-order valence-corrected chi connectivity index (χ1v) is 9.50. The monoisotopic (exact) mass is 355 g/mol. The lowest BCUT2D eigenvalue weighted by Crippen LogP contribution is -2.37. The van der Waals surface area contributed by atoms with Crippen molar-refractivity contribution >= 4 is 5.91 Å². The lowest BCUT2D eigenvalue weighted by molar-refractivity contribution is 0.0369. The number of morpholine rings is 1. The van der Waals surface area contributed by atoms with E-state index in [0.29, 0.717) is 5.56 Å². The Labute approximate surface area is 155 Å². The molecule has 0 unspecified atom stereocenters. The van der Waals surface area contributed by atoms with Gasteiger partial charge in [0.25, 0.3) is 5.91 Å². The van der Waals surface area contributed by atoms with Crippen LogP contribution in [0, 0.1) is 6.92 Å². The van der Waals surface area contributed by atoms with E-state index in [9.17, 15) is 4.79 Å². The van der Waals surface area contributed by atoms with Crippen LogP contribution in [0.1, 0.15) is 35.1 Å². The van der Waals surface area contributed by atoms with E-state index in [0.717, 1.165) is 69.1 Å². The fourth-order valence-electron chi connectivity index (χ4n) is 3.96. The summed E-state index contributed by atoms with van der Waals surface area (Å²) in [5, 5.41) is 0. The van der Waals surface area contributed by atoms with E-state index in [1.165, 1.54) is 5.69 Å². The van der Waals surface area contributed by atoms with E-state index in [1.54, 1.807) is 0 Å². The summed E-state index contributed by atoms with van der Waals surface area (Å²) < 4.78 is 7.71. The molecule has 2 aromatic rings. The minimum Gasteiger partial charge on any atom is -0.379 e. The average Bonchev–Trinajstić information content (AvgIpc) is 2.95. The van der Waals surface area contributed by atoms with Crippen molar-refractivity contribution in [3.8, 4) is 11.1 Å². The van der Waals surface area contributed by atoms with Crippen molar-refractivity contribution in [2.75, 3.05) is 32.8 Å². The summed E-state index contributed by atoms with van der Waals surface area (Å²) in [6, 6.07) is 10.1. The molecule has 1 amide bonds. The van der Waals surface area contributed by atoms with Crippen molar-refractivity contribution in [1.29, 1.82) is 0 Å². The van der Waals surface area contributed by atoms with Crippen LogP contribution < -0.4 is 5.73 Å². The number of nitrogens with two attached hydrogens (primary N) is 1. The number of amides is 1. The van der Waals surface area contributed by atoms with Crippen LogP contribution in [0.5, 0.6) is 0 Å². The summed E-state index contributed by atoms with van der Waals surface area (Å²) in [7, 11) is 0. The van der Waals surface area contributed by atoms with Crippen LogP contribution in [-0.2, 0) is 17.7 Å². The second-order valence-corrected chi connectivity index (χ2v) is 6.83. The summed E-state index contributed by atoms with van der Waals surface area (Å²) >= 11 is 0. The molecule has 2 N–H and O–H groups in total. The van der Waals surface area contributed by atoms with Crippen molar-refractivity contribution in [3.05, 3.63) is 47.3 Å². The van der Waals surface area contributed by atoms with E-state index in [2.05, 4.69) is 28.5 Å². The van der Waals surface area contributed by atoms with Crippen LogP contribution in [0.4, 0.5) is 0 Å². The maximum absolute atomic E-state index is 12.2. The molecule has 2 heterocycles. The minimum atomic E-state index is -0.344. The van der Waals surface area contributed by atoms with Crippen LogP contribution in [0.2, 0.25) is 0 Å². The molecule has 1 aromatic heterocycles. The van der Waals surface area contributed by atoms with Crippen LogP contribution in [0.25, 0.3) is 11.1 Å². The third kappa shape index (κ3) is 3.84. The number of hydrogen-bond donors (Lipinski definition) is 1. The maximum atomic E-state index is 12.2. The Morgan fingerprint density at radius 1 is 1.15 bits per heavy atom. The van der Waals surface area contributed by atoms with Gasteiger partial charge in [0.1, 0.15) is 0 Å². The highest BCUT2D eigenvalue weighted by atomic mass is 16.5. The molecule has 1 aliphatic heterocycles. The molecule has 0 aliphatic carbocycles. The minimum absolute atomic E-state index is 0.344. The van der Waals surface area contributed by atoms with Crippen LogP contribution >= 0.6 is 0 Å². The van der Waals surface area contributed by atoms with Gasteiger partial charge in [-0.1, -0.05) is 37.3 Å². The van der Waals surface area contributed by atoms with Crippen molar-refractivity contribution < 1.29 is 9.53 Å². The van der Waals surface area contributed by atoms with Crippen molar-refractivity contribution in [1.82, 2.24) is 9.47 Å².